The summed E-state index contributed by atoms with van der Waals surface area (Å²) in [6.45, 7) is 0. The van der Waals surface area contributed by atoms with E-state index in [9.17, 15) is 4.79 Å². The zero-order valence-corrected chi connectivity index (χ0v) is 19.5. The number of hydrogen-bond acceptors (Lipinski definition) is 3. The Morgan fingerprint density at radius 1 is 1.03 bits per heavy atom. The number of pyridine rings is 1. The molecule has 2 aromatic heterocycles. The lowest BCUT2D eigenvalue weighted by Crippen LogP contribution is -2.11. The summed E-state index contributed by atoms with van der Waals surface area (Å²) in [7, 11) is 1.61. The number of nitrogens with one attached hydrogen (secondary N) is 2. The molecule has 0 saturated carbocycles. The summed E-state index contributed by atoms with van der Waals surface area (Å²) in [5.74, 6) is 0.678. The molecular weight excluding hydrogens is 446 g/mol. The molecule has 34 heavy (non-hydrogen) atoms. The number of halogens is 1. The zero-order chi connectivity index (χ0) is 23.5. The number of hydrogen-bond donors (Lipinski definition) is 2. The van der Waals surface area contributed by atoms with E-state index in [1.54, 1.807) is 7.11 Å². The minimum Gasteiger partial charge on any atom is -0.497 e. The average molecular weight is 470 g/mol. The Kier molecular flexibility index (Phi) is 6.19. The maximum atomic E-state index is 12.6. The summed E-state index contributed by atoms with van der Waals surface area (Å²) in [6.07, 6.45) is 1.81. The van der Waals surface area contributed by atoms with Crippen LogP contribution < -0.4 is 10.1 Å². The molecule has 0 spiro atoms. The Balaban J connectivity index is 1.39. The fraction of sp³-hybridized carbons (Fsp3) is 0.143. The van der Waals surface area contributed by atoms with Gasteiger partial charge in [-0.2, -0.15) is 0 Å². The lowest BCUT2D eigenvalue weighted by atomic mass is 10.0. The van der Waals surface area contributed by atoms with Crippen LogP contribution in [0.5, 0.6) is 5.75 Å². The van der Waals surface area contributed by atoms with E-state index in [1.165, 1.54) is 0 Å². The van der Waals surface area contributed by atoms with Crippen molar-refractivity contribution in [2.24, 2.45) is 0 Å². The topological polar surface area (TPSA) is 67.0 Å². The molecular formula is C28H24ClN3O2. The van der Waals surface area contributed by atoms with Crippen molar-refractivity contribution in [1.82, 2.24) is 9.97 Å². The van der Waals surface area contributed by atoms with E-state index in [2.05, 4.69) is 22.4 Å². The first kappa shape index (κ1) is 22.0. The maximum absolute atomic E-state index is 12.6. The lowest BCUT2D eigenvalue weighted by molar-refractivity contribution is -0.116. The smallest absolute Gasteiger partial charge is 0.224 e. The second-order valence-electron chi connectivity index (χ2n) is 8.19. The molecule has 0 aliphatic carbocycles. The van der Waals surface area contributed by atoms with E-state index >= 15 is 0 Å². The molecule has 1 amide bonds. The Hall–Kier alpha value is -3.83. The van der Waals surface area contributed by atoms with Crippen LogP contribution in [0.3, 0.4) is 0 Å². The molecule has 0 aliphatic rings. The number of carbonyl (C=O) groups is 1. The first-order valence-electron chi connectivity index (χ1n) is 11.2. The molecule has 0 saturated heterocycles. The number of H-pyrrole nitrogens is 1. The van der Waals surface area contributed by atoms with Crippen LogP contribution in [0.1, 0.15) is 18.4 Å². The number of fused-ring (bicyclic) bond motifs is 2. The minimum absolute atomic E-state index is 0.0310. The quantitative estimate of drug-likeness (QED) is 0.269. The first-order valence-corrected chi connectivity index (χ1v) is 11.6. The second-order valence-corrected chi connectivity index (χ2v) is 8.63. The van der Waals surface area contributed by atoms with E-state index in [-0.39, 0.29) is 5.91 Å². The Labute approximate surface area is 202 Å². The van der Waals surface area contributed by atoms with Gasteiger partial charge in [0.15, 0.2) is 0 Å². The van der Waals surface area contributed by atoms with Crippen LogP contribution in [-0.4, -0.2) is 23.0 Å². The number of methoxy groups -OCH3 is 1. The van der Waals surface area contributed by atoms with Gasteiger partial charge in [-0.1, -0.05) is 41.9 Å². The highest BCUT2D eigenvalue weighted by Crippen LogP contribution is 2.33. The van der Waals surface area contributed by atoms with E-state index < -0.39 is 0 Å². The predicted molar refractivity (Wildman–Crippen MR) is 139 cm³/mol. The number of amides is 1. The van der Waals surface area contributed by atoms with Gasteiger partial charge >= 0.3 is 0 Å². The maximum Gasteiger partial charge on any atom is 0.224 e. The number of carbonyl (C=O) groups excluding carboxylic acids is 1. The summed E-state index contributed by atoms with van der Waals surface area (Å²) in [6, 6.07) is 25.4. The largest absolute Gasteiger partial charge is 0.497 e. The number of aryl methyl sites for hydroxylation is 1. The van der Waals surface area contributed by atoms with Gasteiger partial charge in [0.2, 0.25) is 5.91 Å². The van der Waals surface area contributed by atoms with Crippen molar-refractivity contribution < 1.29 is 9.53 Å². The highest BCUT2D eigenvalue weighted by molar-refractivity contribution is 6.31. The van der Waals surface area contributed by atoms with Crippen molar-refractivity contribution in [3.05, 3.63) is 89.4 Å². The second kappa shape index (κ2) is 9.57. The van der Waals surface area contributed by atoms with Crippen LogP contribution >= 0.6 is 11.6 Å². The third kappa shape index (κ3) is 4.61. The van der Waals surface area contributed by atoms with Crippen molar-refractivity contribution in [3.8, 4) is 17.1 Å². The SMILES string of the molecule is COc1cccc(NC(=O)CCCc2c(-c3ccc4ccccc4n3)[nH]c3ccc(Cl)cc23)c1. The summed E-state index contributed by atoms with van der Waals surface area (Å²) in [4.78, 5) is 21.0. The number of nitrogens with zero attached hydrogens (tertiary/aromatic N) is 1. The zero-order valence-electron chi connectivity index (χ0n) is 18.8. The highest BCUT2D eigenvalue weighted by atomic mass is 35.5. The summed E-state index contributed by atoms with van der Waals surface area (Å²) in [5.41, 5.74) is 5.64. The third-order valence-electron chi connectivity index (χ3n) is 5.91. The predicted octanol–water partition coefficient (Wildman–Crippen LogP) is 7.01. The van der Waals surface area contributed by atoms with E-state index in [0.29, 0.717) is 23.6 Å². The third-order valence-corrected chi connectivity index (χ3v) is 6.14. The fourth-order valence-corrected chi connectivity index (χ4v) is 4.43. The molecule has 0 atom stereocenters. The van der Waals surface area contributed by atoms with Crippen molar-refractivity contribution in [1.29, 1.82) is 0 Å². The molecule has 6 heteroatoms. The summed E-state index contributed by atoms with van der Waals surface area (Å²) >= 11 is 6.32. The number of rotatable bonds is 7. The standard InChI is InChI=1S/C28H24ClN3O2/c1-34-21-8-4-7-20(17-21)30-27(33)11-5-9-22-23-16-19(29)13-15-25(23)32-28(22)26-14-12-18-6-2-3-10-24(18)31-26/h2-4,6-8,10,12-17,32H,5,9,11H2,1H3,(H,30,33). The van der Waals surface area contributed by atoms with Crippen LogP contribution in [-0.2, 0) is 11.2 Å². The molecule has 3 aromatic carbocycles. The van der Waals surface area contributed by atoms with Gasteiger partial charge in [-0.25, -0.2) is 4.98 Å². The van der Waals surface area contributed by atoms with Crippen LogP contribution in [0, 0.1) is 0 Å². The van der Waals surface area contributed by atoms with E-state index in [4.69, 9.17) is 21.3 Å². The van der Waals surface area contributed by atoms with Gasteiger partial charge in [-0.05, 0) is 60.9 Å². The molecule has 5 aromatic rings. The number of anilines is 1. The minimum atomic E-state index is -0.0310. The molecule has 0 fully saturated rings. The van der Waals surface area contributed by atoms with Gasteiger partial charge < -0.3 is 15.0 Å². The van der Waals surface area contributed by atoms with Gasteiger partial charge in [0.05, 0.1) is 24.0 Å². The molecule has 0 bridgehead atoms. The molecule has 0 aliphatic heterocycles. The molecule has 5 rings (SSSR count). The van der Waals surface area contributed by atoms with Crippen LogP contribution in [0.4, 0.5) is 5.69 Å². The van der Waals surface area contributed by atoms with Crippen molar-refractivity contribution in [2.45, 2.75) is 19.3 Å². The van der Waals surface area contributed by atoms with Gasteiger partial charge in [0, 0.05) is 39.5 Å². The Bertz CT molecular complexity index is 1490. The van der Waals surface area contributed by atoms with Crippen molar-refractivity contribution in [2.75, 3.05) is 12.4 Å². The fourth-order valence-electron chi connectivity index (χ4n) is 4.25. The first-order chi connectivity index (χ1) is 16.6. The summed E-state index contributed by atoms with van der Waals surface area (Å²) in [5, 5.41) is 5.79. The van der Waals surface area contributed by atoms with Gasteiger partial charge in [-0.3, -0.25) is 4.79 Å². The molecule has 0 unspecified atom stereocenters. The highest BCUT2D eigenvalue weighted by Gasteiger charge is 2.16. The van der Waals surface area contributed by atoms with Gasteiger partial charge in [-0.15, -0.1) is 0 Å². The monoisotopic (exact) mass is 469 g/mol. The molecule has 170 valence electrons. The number of aromatic amines is 1. The van der Waals surface area contributed by atoms with Crippen molar-refractivity contribution in [3.63, 3.8) is 0 Å². The molecule has 2 heterocycles. The number of para-hydroxylation sites is 1. The molecule has 0 radical (unpaired) electrons. The van der Waals surface area contributed by atoms with Gasteiger partial charge in [0.1, 0.15) is 5.75 Å². The molecule has 2 N–H and O–H groups in total. The van der Waals surface area contributed by atoms with Crippen molar-refractivity contribution >= 4 is 45.0 Å². The lowest BCUT2D eigenvalue weighted by Gasteiger charge is -2.08. The van der Waals surface area contributed by atoms with E-state index in [0.717, 1.165) is 50.9 Å². The van der Waals surface area contributed by atoms with E-state index in [1.807, 2.05) is 66.7 Å². The number of benzene rings is 3. The average Bonchev–Trinajstić information content (AvgIpc) is 3.21. The van der Waals surface area contributed by atoms with Crippen LogP contribution in [0.25, 0.3) is 33.2 Å². The molecule has 5 nitrogen and oxygen atoms in total. The summed E-state index contributed by atoms with van der Waals surface area (Å²) < 4.78 is 5.23. The van der Waals surface area contributed by atoms with Crippen LogP contribution in [0.15, 0.2) is 78.9 Å². The Morgan fingerprint density at radius 2 is 1.91 bits per heavy atom. The van der Waals surface area contributed by atoms with Gasteiger partial charge in [0.25, 0.3) is 0 Å². The van der Waals surface area contributed by atoms with Crippen LogP contribution in [0.2, 0.25) is 5.02 Å². The Morgan fingerprint density at radius 3 is 2.79 bits per heavy atom. The number of ether oxygens (including phenoxy) is 1. The number of aromatic nitrogens is 2. The normalized spacial score (nSPS) is 11.1.